The van der Waals surface area contributed by atoms with Crippen LogP contribution in [0.4, 0.5) is 5.13 Å². The molecule has 11 heteroatoms. The maximum Gasteiger partial charge on any atom is 0.355 e. The van der Waals surface area contributed by atoms with Crippen LogP contribution in [0.3, 0.4) is 0 Å². The Balaban J connectivity index is 1.72. The van der Waals surface area contributed by atoms with Crippen molar-refractivity contribution in [1.82, 2.24) is 14.3 Å². The first-order valence-corrected chi connectivity index (χ1v) is 10.3. The van der Waals surface area contributed by atoms with Crippen LogP contribution < -0.4 is 4.90 Å². The monoisotopic (exact) mass is 388 g/mol. The van der Waals surface area contributed by atoms with Crippen LogP contribution in [0.1, 0.15) is 20.4 Å². The number of aryl methyl sites for hydroxylation is 2. The van der Waals surface area contributed by atoms with Gasteiger partial charge in [-0.2, -0.15) is 4.31 Å². The van der Waals surface area contributed by atoms with E-state index in [2.05, 4.69) is 9.97 Å². The van der Waals surface area contributed by atoms with E-state index in [-0.39, 0.29) is 10.7 Å². The molecule has 0 saturated carbocycles. The Morgan fingerprint density at radius 2 is 1.88 bits per heavy atom. The Morgan fingerprint density at radius 3 is 2.38 bits per heavy atom. The van der Waals surface area contributed by atoms with E-state index in [9.17, 15) is 13.2 Å². The van der Waals surface area contributed by atoms with Crippen molar-refractivity contribution in [3.05, 3.63) is 21.0 Å². The summed E-state index contributed by atoms with van der Waals surface area (Å²) in [4.78, 5) is 21.9. The molecule has 0 bridgehead atoms. The Hall–Kier alpha value is -1.56. The Labute approximate surface area is 147 Å². The number of aromatic carboxylic acids is 1. The van der Waals surface area contributed by atoms with Gasteiger partial charge in [0.2, 0.25) is 0 Å². The van der Waals surface area contributed by atoms with Crippen molar-refractivity contribution < 1.29 is 18.3 Å². The number of nitrogens with zero attached hydrogens (tertiary/aromatic N) is 4. The molecular weight excluding hydrogens is 372 g/mol. The smallest absolute Gasteiger partial charge is 0.355 e. The van der Waals surface area contributed by atoms with Crippen LogP contribution in [-0.4, -0.2) is 59.9 Å². The van der Waals surface area contributed by atoms with Gasteiger partial charge in [-0.05, 0) is 13.8 Å². The fourth-order valence-electron chi connectivity index (χ4n) is 2.43. The first-order valence-electron chi connectivity index (χ1n) is 7.17. The van der Waals surface area contributed by atoms with Crippen molar-refractivity contribution in [2.45, 2.75) is 18.9 Å². The fourth-order valence-corrected chi connectivity index (χ4v) is 5.71. The topological polar surface area (TPSA) is 104 Å². The number of anilines is 1. The van der Waals surface area contributed by atoms with Crippen LogP contribution in [-0.2, 0) is 10.0 Å². The second-order valence-corrected chi connectivity index (χ2v) is 9.43. The van der Waals surface area contributed by atoms with Crippen molar-refractivity contribution in [2.24, 2.45) is 0 Å². The highest BCUT2D eigenvalue weighted by Crippen LogP contribution is 2.27. The molecule has 0 radical (unpaired) electrons. The van der Waals surface area contributed by atoms with Gasteiger partial charge in [-0.15, -0.1) is 22.7 Å². The number of rotatable bonds is 4. The zero-order valence-corrected chi connectivity index (χ0v) is 15.5. The van der Waals surface area contributed by atoms with Crippen LogP contribution in [0.5, 0.6) is 0 Å². The van der Waals surface area contributed by atoms with E-state index in [0.29, 0.717) is 41.2 Å². The lowest BCUT2D eigenvalue weighted by Gasteiger charge is -2.33. The summed E-state index contributed by atoms with van der Waals surface area (Å²) in [5, 5.41) is 12.1. The minimum Gasteiger partial charge on any atom is -0.476 e. The lowest BCUT2D eigenvalue weighted by molar-refractivity contribution is 0.0690. The van der Waals surface area contributed by atoms with E-state index in [1.807, 2.05) is 4.90 Å². The summed E-state index contributed by atoms with van der Waals surface area (Å²) in [5.41, 5.74) is 0.0583. The molecule has 0 aliphatic carbocycles. The number of hydrogen-bond acceptors (Lipinski definition) is 8. The van der Waals surface area contributed by atoms with Crippen LogP contribution in [0.2, 0.25) is 0 Å². The Kier molecular flexibility index (Phi) is 4.60. The van der Waals surface area contributed by atoms with Gasteiger partial charge in [-0.25, -0.2) is 23.2 Å². The molecule has 130 valence electrons. The third-order valence-corrected chi connectivity index (χ3v) is 7.44. The maximum atomic E-state index is 12.6. The zero-order chi connectivity index (χ0) is 17.5. The number of hydrogen-bond donors (Lipinski definition) is 1. The molecule has 3 heterocycles. The van der Waals surface area contributed by atoms with Gasteiger partial charge in [-0.3, -0.25) is 0 Å². The molecule has 0 spiro atoms. The molecule has 0 aromatic carbocycles. The summed E-state index contributed by atoms with van der Waals surface area (Å²) in [7, 11) is -3.57. The van der Waals surface area contributed by atoms with Gasteiger partial charge < -0.3 is 10.0 Å². The number of thiazole rings is 2. The average Bonchev–Trinajstić information content (AvgIpc) is 3.14. The molecule has 0 amide bonds. The van der Waals surface area contributed by atoms with Crippen molar-refractivity contribution in [3.8, 4) is 0 Å². The normalized spacial score (nSPS) is 16.5. The van der Waals surface area contributed by atoms with Crippen molar-refractivity contribution in [3.63, 3.8) is 0 Å². The number of aromatic nitrogens is 2. The number of carboxylic acid groups (broad SMARTS) is 1. The zero-order valence-electron chi connectivity index (χ0n) is 13.1. The predicted octanol–water partition coefficient (Wildman–Crippen LogP) is 1.43. The fraction of sp³-hybridized carbons (Fsp3) is 0.462. The van der Waals surface area contributed by atoms with Gasteiger partial charge in [0, 0.05) is 36.4 Å². The maximum absolute atomic E-state index is 12.6. The van der Waals surface area contributed by atoms with Gasteiger partial charge in [0.25, 0.3) is 10.0 Å². The quantitative estimate of drug-likeness (QED) is 0.845. The van der Waals surface area contributed by atoms with Crippen LogP contribution in [0.25, 0.3) is 0 Å². The standard InChI is InChI=1S/C13H16N4O4S3/c1-8-11(12(18)19)15-13(23-8)16-3-5-17(6-4-16)24(20,21)10-7-22-9(2)14-10/h7H,3-6H2,1-2H3,(H,18,19). The van der Waals surface area contributed by atoms with Crippen molar-refractivity contribution >= 4 is 43.8 Å². The molecule has 1 fully saturated rings. The van der Waals surface area contributed by atoms with Crippen molar-refractivity contribution in [1.29, 1.82) is 0 Å². The minimum absolute atomic E-state index is 0.0583. The SMILES string of the molecule is Cc1nc(S(=O)(=O)N2CCN(c3nc(C(=O)O)c(C)s3)CC2)cs1. The molecule has 2 aromatic heterocycles. The van der Waals surface area contributed by atoms with Gasteiger partial charge in [0.05, 0.1) is 5.01 Å². The molecule has 24 heavy (non-hydrogen) atoms. The molecule has 2 aromatic rings. The second kappa shape index (κ2) is 6.39. The van der Waals surface area contributed by atoms with Crippen molar-refractivity contribution in [2.75, 3.05) is 31.1 Å². The lowest BCUT2D eigenvalue weighted by Crippen LogP contribution is -2.48. The molecule has 1 aliphatic heterocycles. The third kappa shape index (κ3) is 3.16. The number of carbonyl (C=O) groups is 1. The molecule has 1 saturated heterocycles. The van der Waals surface area contributed by atoms with Crippen LogP contribution in [0, 0.1) is 13.8 Å². The van der Waals surface area contributed by atoms with Crippen LogP contribution >= 0.6 is 22.7 Å². The summed E-state index contributed by atoms with van der Waals surface area (Å²) in [6.45, 7) is 5.06. The molecular formula is C13H16N4O4S3. The highest BCUT2D eigenvalue weighted by molar-refractivity contribution is 7.89. The lowest BCUT2D eigenvalue weighted by atomic mass is 10.4. The molecule has 8 nitrogen and oxygen atoms in total. The van der Waals surface area contributed by atoms with Crippen LogP contribution in [0.15, 0.2) is 10.4 Å². The highest BCUT2D eigenvalue weighted by atomic mass is 32.2. The predicted molar refractivity (Wildman–Crippen MR) is 91.6 cm³/mol. The molecule has 3 rings (SSSR count). The van der Waals surface area contributed by atoms with Gasteiger partial charge in [0.15, 0.2) is 15.9 Å². The highest BCUT2D eigenvalue weighted by Gasteiger charge is 2.31. The van der Waals surface area contributed by atoms with E-state index in [1.165, 1.54) is 27.0 Å². The summed E-state index contributed by atoms with van der Waals surface area (Å²) in [6, 6.07) is 0. The Bertz CT molecular complexity index is 866. The summed E-state index contributed by atoms with van der Waals surface area (Å²) >= 11 is 2.62. The largest absolute Gasteiger partial charge is 0.476 e. The summed E-state index contributed by atoms with van der Waals surface area (Å²) in [5.74, 6) is -1.05. The Morgan fingerprint density at radius 1 is 1.21 bits per heavy atom. The second-order valence-electron chi connectivity index (χ2n) is 5.30. The van der Waals surface area contributed by atoms with Gasteiger partial charge in [0.1, 0.15) is 0 Å². The number of sulfonamides is 1. The van der Waals surface area contributed by atoms with Gasteiger partial charge >= 0.3 is 5.97 Å². The minimum atomic E-state index is -3.57. The van der Waals surface area contributed by atoms with E-state index in [4.69, 9.17) is 5.11 Å². The first kappa shape index (κ1) is 17.3. The number of piperazine rings is 1. The molecule has 0 atom stereocenters. The summed E-state index contributed by atoms with van der Waals surface area (Å²) < 4.78 is 26.5. The van der Waals surface area contributed by atoms with E-state index < -0.39 is 16.0 Å². The summed E-state index contributed by atoms with van der Waals surface area (Å²) in [6.07, 6.45) is 0. The third-order valence-electron chi connectivity index (χ3n) is 3.70. The average molecular weight is 388 g/mol. The first-order chi connectivity index (χ1) is 11.3. The number of carboxylic acids is 1. The molecule has 1 aliphatic rings. The molecule has 1 N–H and O–H groups in total. The molecule has 0 unspecified atom stereocenters. The van der Waals surface area contributed by atoms with E-state index >= 15 is 0 Å². The van der Waals surface area contributed by atoms with E-state index in [1.54, 1.807) is 19.2 Å². The van der Waals surface area contributed by atoms with E-state index in [0.717, 1.165) is 0 Å². The van der Waals surface area contributed by atoms with Gasteiger partial charge in [-0.1, -0.05) is 0 Å².